The molecule has 17 heavy (non-hydrogen) atoms. The topological polar surface area (TPSA) is 57.5 Å². The first-order chi connectivity index (χ1) is 7.80. The van der Waals surface area contributed by atoms with Gasteiger partial charge in [-0.1, -0.05) is 12.1 Å². The molecule has 0 saturated carbocycles. The molecule has 1 unspecified atom stereocenters. The van der Waals surface area contributed by atoms with Gasteiger partial charge >= 0.3 is 11.9 Å². The molecular weight excluding hydrogens is 237 g/mol. The monoisotopic (exact) mass is 246 g/mol. The number of carboxylic acid groups (broad SMARTS) is 1. The molecule has 1 aliphatic carbocycles. The molecule has 0 bridgehead atoms. The van der Waals surface area contributed by atoms with Gasteiger partial charge < -0.3 is 10.2 Å². The smallest absolute Gasteiger partial charge is 0.378 e. The average Bonchev–Trinajstić information content (AvgIpc) is 2.60. The van der Waals surface area contributed by atoms with Crippen molar-refractivity contribution in [3.63, 3.8) is 0 Å². The standard InChI is InChI=1S/C11H9F3O3/c12-8-3-1-2-7-6(8)4-5-10(7,17)11(13,14)9(15)16/h1-3,17H,4-5H2,(H,15,16). The van der Waals surface area contributed by atoms with Crippen LogP contribution in [0.4, 0.5) is 13.2 Å². The second-order valence-electron chi connectivity index (χ2n) is 4.01. The fourth-order valence-electron chi connectivity index (χ4n) is 2.14. The van der Waals surface area contributed by atoms with Gasteiger partial charge in [0.25, 0.3) is 0 Å². The first-order valence-corrected chi connectivity index (χ1v) is 4.92. The Bertz CT molecular complexity index is 487. The van der Waals surface area contributed by atoms with Crippen molar-refractivity contribution >= 4 is 5.97 Å². The molecule has 0 fully saturated rings. The van der Waals surface area contributed by atoms with Crippen molar-refractivity contribution in [2.75, 3.05) is 0 Å². The molecule has 92 valence electrons. The zero-order valence-electron chi connectivity index (χ0n) is 8.58. The average molecular weight is 246 g/mol. The van der Waals surface area contributed by atoms with Gasteiger partial charge in [-0.3, -0.25) is 0 Å². The van der Waals surface area contributed by atoms with E-state index in [1.165, 1.54) is 6.07 Å². The lowest BCUT2D eigenvalue weighted by Crippen LogP contribution is -2.49. The van der Waals surface area contributed by atoms with E-state index >= 15 is 0 Å². The zero-order chi connectivity index (χ0) is 12.8. The highest BCUT2D eigenvalue weighted by molar-refractivity contribution is 5.78. The lowest BCUT2D eigenvalue weighted by Gasteiger charge is -2.29. The van der Waals surface area contributed by atoms with Crippen molar-refractivity contribution in [1.29, 1.82) is 0 Å². The Kier molecular flexibility index (Phi) is 2.43. The number of alkyl halides is 2. The van der Waals surface area contributed by atoms with E-state index in [4.69, 9.17) is 5.11 Å². The van der Waals surface area contributed by atoms with Crippen molar-refractivity contribution in [3.8, 4) is 0 Å². The van der Waals surface area contributed by atoms with Crippen LogP contribution in [0, 0.1) is 5.82 Å². The number of carbonyl (C=O) groups is 1. The van der Waals surface area contributed by atoms with Gasteiger partial charge in [0.05, 0.1) is 0 Å². The number of carboxylic acids is 1. The Hall–Kier alpha value is -1.56. The van der Waals surface area contributed by atoms with Crippen molar-refractivity contribution in [3.05, 3.63) is 35.1 Å². The molecule has 0 aliphatic heterocycles. The van der Waals surface area contributed by atoms with E-state index in [1.54, 1.807) is 0 Å². The van der Waals surface area contributed by atoms with Crippen LogP contribution in [0.5, 0.6) is 0 Å². The summed E-state index contributed by atoms with van der Waals surface area (Å²) >= 11 is 0. The van der Waals surface area contributed by atoms with Crippen molar-refractivity contribution < 1.29 is 28.2 Å². The predicted octanol–water partition coefficient (Wildman–Crippen LogP) is 1.68. The Balaban J connectivity index is 2.59. The molecule has 0 amide bonds. The van der Waals surface area contributed by atoms with Gasteiger partial charge in [-0.2, -0.15) is 8.78 Å². The number of halogens is 3. The summed E-state index contributed by atoms with van der Waals surface area (Å²) in [6, 6.07) is 3.38. The molecule has 0 heterocycles. The van der Waals surface area contributed by atoms with Gasteiger partial charge in [0.15, 0.2) is 5.60 Å². The molecule has 0 aromatic heterocycles. The van der Waals surface area contributed by atoms with E-state index in [-0.39, 0.29) is 17.5 Å². The van der Waals surface area contributed by atoms with Crippen molar-refractivity contribution in [2.45, 2.75) is 24.4 Å². The van der Waals surface area contributed by atoms with Gasteiger partial charge in [-0.15, -0.1) is 0 Å². The molecule has 2 rings (SSSR count). The van der Waals surface area contributed by atoms with Crippen LogP contribution in [0.1, 0.15) is 17.5 Å². The number of hydrogen-bond donors (Lipinski definition) is 2. The maximum atomic E-state index is 13.5. The van der Waals surface area contributed by atoms with Crippen LogP contribution in [-0.4, -0.2) is 22.1 Å². The molecule has 0 saturated heterocycles. The summed E-state index contributed by atoms with van der Waals surface area (Å²) in [5.41, 5.74) is -3.23. The lowest BCUT2D eigenvalue weighted by molar-refractivity contribution is -0.211. The van der Waals surface area contributed by atoms with Crippen LogP contribution >= 0.6 is 0 Å². The maximum Gasteiger partial charge on any atom is 0.378 e. The van der Waals surface area contributed by atoms with E-state index < -0.39 is 29.7 Å². The van der Waals surface area contributed by atoms with Crippen LogP contribution in [0.15, 0.2) is 18.2 Å². The molecule has 1 aromatic rings. The predicted molar refractivity (Wildman–Crippen MR) is 51.2 cm³/mol. The Morgan fingerprint density at radius 3 is 2.65 bits per heavy atom. The van der Waals surface area contributed by atoms with E-state index in [1.807, 2.05) is 0 Å². The number of hydrogen-bond acceptors (Lipinski definition) is 2. The third kappa shape index (κ3) is 1.44. The first kappa shape index (κ1) is 11.9. The highest BCUT2D eigenvalue weighted by Gasteiger charge is 2.62. The van der Waals surface area contributed by atoms with Gasteiger partial charge in [0, 0.05) is 0 Å². The molecule has 6 heteroatoms. The molecule has 3 nitrogen and oxygen atoms in total. The van der Waals surface area contributed by atoms with Crippen LogP contribution in [0.3, 0.4) is 0 Å². The summed E-state index contributed by atoms with van der Waals surface area (Å²) < 4.78 is 40.3. The Morgan fingerprint density at radius 1 is 1.41 bits per heavy atom. The highest BCUT2D eigenvalue weighted by atomic mass is 19.3. The van der Waals surface area contributed by atoms with Crippen LogP contribution < -0.4 is 0 Å². The minimum atomic E-state index is -4.34. The minimum absolute atomic E-state index is 0.0454. The third-order valence-electron chi connectivity index (χ3n) is 3.09. The fourth-order valence-corrected chi connectivity index (χ4v) is 2.14. The molecule has 1 atom stereocenters. The number of rotatable bonds is 2. The normalized spacial score (nSPS) is 23.5. The Morgan fingerprint density at radius 2 is 2.06 bits per heavy atom. The maximum absolute atomic E-state index is 13.5. The second kappa shape index (κ2) is 3.46. The number of aliphatic carboxylic acids is 1. The zero-order valence-corrected chi connectivity index (χ0v) is 8.58. The van der Waals surface area contributed by atoms with E-state index in [9.17, 15) is 23.1 Å². The lowest BCUT2D eigenvalue weighted by atomic mass is 9.89. The highest BCUT2D eigenvalue weighted by Crippen LogP contribution is 2.47. The summed E-state index contributed by atoms with van der Waals surface area (Å²) in [4.78, 5) is 10.5. The summed E-state index contributed by atoms with van der Waals surface area (Å²) in [5.74, 6) is -7.47. The van der Waals surface area contributed by atoms with E-state index in [0.717, 1.165) is 12.1 Å². The SMILES string of the molecule is O=C(O)C(F)(F)C1(O)CCc2c(F)cccc21. The van der Waals surface area contributed by atoms with E-state index in [2.05, 4.69) is 0 Å². The van der Waals surface area contributed by atoms with Crippen LogP contribution in [0.2, 0.25) is 0 Å². The number of aliphatic hydroxyl groups is 1. The summed E-state index contributed by atoms with van der Waals surface area (Å²) in [6.45, 7) is 0. The largest absolute Gasteiger partial charge is 0.477 e. The van der Waals surface area contributed by atoms with E-state index in [0.29, 0.717) is 0 Å². The molecule has 1 aromatic carbocycles. The second-order valence-corrected chi connectivity index (χ2v) is 4.01. The summed E-state index contributed by atoms with van der Waals surface area (Å²) in [6.07, 6.45) is -0.621. The fraction of sp³-hybridized carbons (Fsp3) is 0.364. The van der Waals surface area contributed by atoms with Crippen molar-refractivity contribution in [1.82, 2.24) is 0 Å². The van der Waals surface area contributed by atoms with Gasteiger partial charge in [0.2, 0.25) is 0 Å². The summed E-state index contributed by atoms with van der Waals surface area (Å²) in [5, 5.41) is 18.3. The minimum Gasteiger partial charge on any atom is -0.477 e. The number of fused-ring (bicyclic) bond motifs is 1. The first-order valence-electron chi connectivity index (χ1n) is 4.92. The van der Waals surface area contributed by atoms with Gasteiger partial charge in [-0.05, 0) is 30.0 Å². The molecule has 0 radical (unpaired) electrons. The molecule has 2 N–H and O–H groups in total. The van der Waals surface area contributed by atoms with Crippen molar-refractivity contribution in [2.24, 2.45) is 0 Å². The molecule has 0 spiro atoms. The quantitative estimate of drug-likeness (QED) is 0.834. The van der Waals surface area contributed by atoms with Crippen LogP contribution in [-0.2, 0) is 16.8 Å². The molecule has 1 aliphatic rings. The third-order valence-corrected chi connectivity index (χ3v) is 3.09. The van der Waals surface area contributed by atoms with Gasteiger partial charge in [-0.25, -0.2) is 9.18 Å². The summed E-state index contributed by atoms with van der Waals surface area (Å²) in [7, 11) is 0. The van der Waals surface area contributed by atoms with Gasteiger partial charge in [0.1, 0.15) is 5.82 Å². The molecular formula is C11H9F3O3. The Labute approximate surface area is 94.5 Å². The van der Waals surface area contributed by atoms with Crippen LogP contribution in [0.25, 0.3) is 0 Å². The number of benzene rings is 1.